The number of piperazine rings is 1. The van der Waals surface area contributed by atoms with Crippen LogP contribution in [0.1, 0.15) is 11.1 Å². The summed E-state index contributed by atoms with van der Waals surface area (Å²) in [5.41, 5.74) is 5.36. The molecule has 0 amide bonds. The van der Waals surface area contributed by atoms with Crippen LogP contribution in [0.25, 0.3) is 5.57 Å². The van der Waals surface area contributed by atoms with E-state index in [0.717, 1.165) is 25.4 Å². The van der Waals surface area contributed by atoms with Crippen LogP contribution in [-0.2, 0) is 0 Å². The molecular formula is C22H26Cl2N2OS2. The van der Waals surface area contributed by atoms with Crippen molar-refractivity contribution in [2.45, 2.75) is 0 Å². The first-order valence-corrected chi connectivity index (χ1v) is 11.3. The summed E-state index contributed by atoms with van der Waals surface area (Å²) in [5.74, 6) is 1.01. The molecule has 0 radical (unpaired) electrons. The molecule has 2 aromatic heterocycles. The third-order valence-electron chi connectivity index (χ3n) is 5.31. The van der Waals surface area contributed by atoms with Gasteiger partial charge in [0.25, 0.3) is 0 Å². The van der Waals surface area contributed by atoms with Gasteiger partial charge in [-0.15, -0.1) is 0 Å². The van der Waals surface area contributed by atoms with Crippen molar-refractivity contribution in [2.75, 3.05) is 39.8 Å². The molecule has 1 aromatic carbocycles. The molecule has 29 heavy (non-hydrogen) atoms. The Morgan fingerprint density at radius 1 is 0.931 bits per heavy atom. The fourth-order valence-corrected chi connectivity index (χ4v) is 5.11. The second-order valence-corrected chi connectivity index (χ2v) is 8.46. The van der Waals surface area contributed by atoms with Crippen molar-refractivity contribution >= 4 is 33.9 Å². The minimum absolute atomic E-state index is 0. The third-order valence-corrected chi connectivity index (χ3v) is 6.67. The molecule has 2 N–H and O–H groups in total. The smallest absolute Gasteiger partial charge is 0.179 e. The summed E-state index contributed by atoms with van der Waals surface area (Å²) in [5, 5.41) is 8.83. The summed E-state index contributed by atoms with van der Waals surface area (Å²) in [7, 11) is 1.76. The molecule has 156 valence electrons. The lowest BCUT2D eigenvalue weighted by molar-refractivity contribution is -0.983. The number of ether oxygens (including phenoxy) is 1. The van der Waals surface area contributed by atoms with Crippen molar-refractivity contribution in [3.05, 3.63) is 75.1 Å². The first-order valence-electron chi connectivity index (χ1n) is 9.42. The van der Waals surface area contributed by atoms with Crippen molar-refractivity contribution in [1.29, 1.82) is 0 Å². The highest BCUT2D eigenvalue weighted by atomic mass is 35.5. The number of hydrogen-bond donors (Lipinski definition) is 2. The SMILES string of the molecule is COc1ccccc1[NH+]1CC[NH+](CC=C(c2ccsc2)c2ccsc2)CC1.[Cl-].[Cl-]. The second-order valence-electron chi connectivity index (χ2n) is 6.90. The Hall–Kier alpha value is -1.34. The van der Waals surface area contributed by atoms with E-state index < -0.39 is 0 Å². The van der Waals surface area contributed by atoms with Crippen LogP contribution in [0, 0.1) is 0 Å². The Morgan fingerprint density at radius 2 is 1.55 bits per heavy atom. The van der Waals surface area contributed by atoms with Crippen LogP contribution in [0.2, 0.25) is 0 Å². The molecule has 3 heterocycles. The molecule has 3 aromatic rings. The van der Waals surface area contributed by atoms with Gasteiger partial charge in [-0.3, -0.25) is 4.90 Å². The summed E-state index contributed by atoms with van der Waals surface area (Å²) < 4.78 is 5.55. The molecule has 4 rings (SSSR count). The first kappa shape index (κ1) is 23.9. The summed E-state index contributed by atoms with van der Waals surface area (Å²) >= 11 is 3.54. The van der Waals surface area contributed by atoms with Gasteiger partial charge in [-0.2, -0.15) is 22.7 Å². The topological polar surface area (TPSA) is 18.1 Å². The van der Waals surface area contributed by atoms with Gasteiger partial charge >= 0.3 is 0 Å². The van der Waals surface area contributed by atoms with Crippen molar-refractivity contribution < 1.29 is 39.4 Å². The molecule has 0 aliphatic carbocycles. The lowest BCUT2D eigenvalue weighted by atomic mass is 10.0. The molecule has 7 heteroatoms. The second kappa shape index (κ2) is 11.7. The molecule has 3 nitrogen and oxygen atoms in total. The molecular weight excluding hydrogens is 443 g/mol. The normalized spacial score (nSPS) is 18.2. The van der Waals surface area contributed by atoms with Gasteiger partial charge in [0.05, 0.1) is 13.7 Å². The van der Waals surface area contributed by atoms with Crippen molar-refractivity contribution in [2.24, 2.45) is 0 Å². The Kier molecular flexibility index (Phi) is 9.69. The minimum Gasteiger partial charge on any atom is -1.00 e. The van der Waals surface area contributed by atoms with E-state index in [9.17, 15) is 0 Å². The monoisotopic (exact) mass is 468 g/mol. The van der Waals surface area contributed by atoms with Gasteiger partial charge in [-0.1, -0.05) is 12.1 Å². The zero-order valence-electron chi connectivity index (χ0n) is 16.4. The van der Waals surface area contributed by atoms with Gasteiger partial charge in [0.1, 0.15) is 26.2 Å². The number of quaternary nitrogens is 2. The van der Waals surface area contributed by atoms with E-state index >= 15 is 0 Å². The molecule has 1 aliphatic heterocycles. The van der Waals surface area contributed by atoms with E-state index in [0.29, 0.717) is 0 Å². The summed E-state index contributed by atoms with van der Waals surface area (Å²) in [6.07, 6.45) is 2.44. The molecule has 0 saturated carbocycles. The zero-order valence-corrected chi connectivity index (χ0v) is 19.5. The summed E-state index contributed by atoms with van der Waals surface area (Å²) in [6.45, 7) is 5.75. The minimum atomic E-state index is 0. The van der Waals surface area contributed by atoms with Crippen LogP contribution >= 0.6 is 22.7 Å². The first-order chi connectivity index (χ1) is 13.3. The van der Waals surface area contributed by atoms with Crippen LogP contribution in [0.15, 0.2) is 64.0 Å². The number of halogens is 2. The van der Waals surface area contributed by atoms with E-state index in [2.05, 4.69) is 57.9 Å². The van der Waals surface area contributed by atoms with E-state index in [4.69, 9.17) is 4.74 Å². The van der Waals surface area contributed by atoms with Crippen molar-refractivity contribution in [3.63, 3.8) is 0 Å². The van der Waals surface area contributed by atoms with E-state index in [1.165, 1.54) is 40.4 Å². The number of methoxy groups -OCH3 is 1. The highest BCUT2D eigenvalue weighted by molar-refractivity contribution is 7.08. The van der Waals surface area contributed by atoms with Crippen LogP contribution in [0.5, 0.6) is 5.75 Å². The molecule has 0 unspecified atom stereocenters. The summed E-state index contributed by atoms with van der Waals surface area (Å²) in [6, 6.07) is 12.9. The van der Waals surface area contributed by atoms with E-state index in [-0.39, 0.29) is 24.8 Å². The third kappa shape index (κ3) is 5.85. The van der Waals surface area contributed by atoms with Gasteiger partial charge in [-0.05, 0) is 62.5 Å². The van der Waals surface area contributed by atoms with Crippen molar-refractivity contribution in [1.82, 2.24) is 0 Å². The fraction of sp³-hybridized carbons (Fsp3) is 0.273. The average Bonchev–Trinajstić information content (AvgIpc) is 3.43. The predicted octanol–water partition coefficient (Wildman–Crippen LogP) is -3.63. The Bertz CT molecular complexity index is 838. The molecule has 0 atom stereocenters. The van der Waals surface area contributed by atoms with Crippen molar-refractivity contribution in [3.8, 4) is 5.75 Å². The van der Waals surface area contributed by atoms with Gasteiger partial charge in [0, 0.05) is 6.07 Å². The van der Waals surface area contributed by atoms with Crippen LogP contribution in [-0.4, -0.2) is 39.8 Å². The molecule has 0 spiro atoms. The van der Waals surface area contributed by atoms with Crippen LogP contribution in [0.4, 0.5) is 5.69 Å². The Balaban J connectivity index is 0.00000150. The van der Waals surface area contributed by atoms with Gasteiger partial charge < -0.3 is 34.5 Å². The Labute approximate surface area is 193 Å². The molecule has 1 saturated heterocycles. The molecule has 0 bridgehead atoms. The summed E-state index contributed by atoms with van der Waals surface area (Å²) in [4.78, 5) is 3.20. The maximum atomic E-state index is 5.55. The standard InChI is InChI=1S/C22H24N2OS2.2ClH/c1-25-22-5-3-2-4-21(22)24-12-10-23(11-13-24)9-6-20(18-7-14-26-16-18)19-8-15-27-17-19;;/h2-8,14-17H,9-13H2,1H3;2*1H. The molecule has 1 aliphatic rings. The lowest BCUT2D eigenvalue weighted by Gasteiger charge is -2.29. The van der Waals surface area contributed by atoms with E-state index in [1.54, 1.807) is 34.7 Å². The van der Waals surface area contributed by atoms with Crippen LogP contribution in [0.3, 0.4) is 0 Å². The van der Waals surface area contributed by atoms with E-state index in [1.807, 2.05) is 6.07 Å². The number of thiophene rings is 2. The van der Waals surface area contributed by atoms with Gasteiger partial charge in [0.15, 0.2) is 11.4 Å². The van der Waals surface area contributed by atoms with Crippen LogP contribution < -0.4 is 39.4 Å². The number of para-hydroxylation sites is 2. The lowest BCUT2D eigenvalue weighted by Crippen LogP contribution is -3.26. The highest BCUT2D eigenvalue weighted by Gasteiger charge is 2.26. The molecule has 1 fully saturated rings. The Morgan fingerprint density at radius 3 is 2.10 bits per heavy atom. The number of hydrogen-bond acceptors (Lipinski definition) is 3. The quantitative estimate of drug-likeness (QED) is 0.382. The maximum absolute atomic E-state index is 5.55. The fourth-order valence-electron chi connectivity index (χ4n) is 3.80. The van der Waals surface area contributed by atoms with Gasteiger partial charge in [0.2, 0.25) is 0 Å². The number of rotatable bonds is 6. The zero-order chi connectivity index (χ0) is 18.5. The largest absolute Gasteiger partial charge is 1.00 e. The number of benzene rings is 1. The number of nitrogens with one attached hydrogen (secondary N) is 2. The maximum Gasteiger partial charge on any atom is 0.179 e. The van der Waals surface area contributed by atoms with Gasteiger partial charge in [-0.25, -0.2) is 0 Å². The predicted molar refractivity (Wildman–Crippen MR) is 115 cm³/mol. The average molecular weight is 470 g/mol. The highest BCUT2D eigenvalue weighted by Crippen LogP contribution is 2.26.